The first-order chi connectivity index (χ1) is 8.81. The van der Waals surface area contributed by atoms with Crippen LogP contribution in [-0.4, -0.2) is 14.5 Å². The molecule has 1 unspecified atom stereocenters. The van der Waals surface area contributed by atoms with E-state index in [2.05, 4.69) is 4.72 Å². The van der Waals surface area contributed by atoms with Crippen LogP contribution in [0.2, 0.25) is 0 Å². The fraction of sp³-hybridized carbons (Fsp3) is 0.538. The highest BCUT2D eigenvalue weighted by atomic mass is 32.2. The maximum Gasteiger partial charge on any atom is 0.241 e. The zero-order valence-electron chi connectivity index (χ0n) is 11.5. The Morgan fingerprint density at radius 2 is 2.00 bits per heavy atom. The molecule has 3 N–H and O–H groups in total. The molecule has 4 nitrogen and oxygen atoms in total. The molecule has 0 radical (unpaired) electrons. The zero-order chi connectivity index (χ0) is 14.6. The monoisotopic (exact) mass is 288 g/mol. The highest BCUT2D eigenvalue weighted by molar-refractivity contribution is 7.89. The number of hydrogen-bond donors (Lipinski definition) is 2. The molecule has 1 atom stereocenters. The summed E-state index contributed by atoms with van der Waals surface area (Å²) in [6.45, 7) is 5.48. The fourth-order valence-electron chi connectivity index (χ4n) is 1.94. The lowest BCUT2D eigenvalue weighted by atomic mass is 10.1. The van der Waals surface area contributed by atoms with E-state index in [-0.39, 0.29) is 16.6 Å². The molecule has 1 rings (SSSR count). The van der Waals surface area contributed by atoms with Crippen molar-refractivity contribution in [1.82, 2.24) is 4.72 Å². The van der Waals surface area contributed by atoms with Crippen LogP contribution in [0.5, 0.6) is 0 Å². The fourth-order valence-corrected chi connectivity index (χ4v) is 3.55. The summed E-state index contributed by atoms with van der Waals surface area (Å²) in [5.41, 5.74) is 5.64. The van der Waals surface area contributed by atoms with Gasteiger partial charge in [-0.05, 0) is 37.5 Å². The van der Waals surface area contributed by atoms with Gasteiger partial charge in [0.25, 0.3) is 0 Å². The molecule has 0 aliphatic heterocycles. The van der Waals surface area contributed by atoms with Gasteiger partial charge in [0.15, 0.2) is 0 Å². The number of aryl methyl sites for hydroxylation is 1. The number of nitrogen functional groups attached to an aromatic ring is 1. The van der Waals surface area contributed by atoms with Gasteiger partial charge in [-0.1, -0.05) is 20.3 Å². The third kappa shape index (κ3) is 3.91. The van der Waals surface area contributed by atoms with Gasteiger partial charge in [0.1, 0.15) is 5.82 Å². The molecule has 0 saturated carbocycles. The number of nitrogens with one attached hydrogen (secondary N) is 1. The molecule has 0 heterocycles. The van der Waals surface area contributed by atoms with E-state index in [1.54, 1.807) is 6.92 Å². The summed E-state index contributed by atoms with van der Waals surface area (Å²) >= 11 is 0. The standard InChI is InChI=1S/C13H21FN2O2S/c1-4-6-10(5-2)16-19(17,18)13-8-12(15)11(14)7-9(13)3/h7-8,10,16H,4-6,15H2,1-3H3. The van der Waals surface area contributed by atoms with Crippen molar-refractivity contribution >= 4 is 15.7 Å². The van der Waals surface area contributed by atoms with E-state index in [1.165, 1.54) is 6.07 Å². The first-order valence-electron chi connectivity index (χ1n) is 6.39. The van der Waals surface area contributed by atoms with Gasteiger partial charge >= 0.3 is 0 Å². The minimum Gasteiger partial charge on any atom is -0.396 e. The molecule has 108 valence electrons. The van der Waals surface area contributed by atoms with Crippen molar-refractivity contribution in [2.24, 2.45) is 0 Å². The number of sulfonamides is 1. The quantitative estimate of drug-likeness (QED) is 0.790. The summed E-state index contributed by atoms with van der Waals surface area (Å²) in [5.74, 6) is -0.600. The van der Waals surface area contributed by atoms with Crippen molar-refractivity contribution in [3.8, 4) is 0 Å². The van der Waals surface area contributed by atoms with Crippen molar-refractivity contribution < 1.29 is 12.8 Å². The largest absolute Gasteiger partial charge is 0.396 e. The maximum atomic E-state index is 13.3. The second-order valence-corrected chi connectivity index (χ2v) is 6.34. The predicted molar refractivity (Wildman–Crippen MR) is 74.9 cm³/mol. The van der Waals surface area contributed by atoms with E-state index in [0.29, 0.717) is 12.0 Å². The van der Waals surface area contributed by atoms with Crippen LogP contribution in [0.1, 0.15) is 38.7 Å². The number of nitrogens with two attached hydrogens (primary N) is 1. The lowest BCUT2D eigenvalue weighted by molar-refractivity contribution is 0.512. The van der Waals surface area contributed by atoms with Crippen LogP contribution < -0.4 is 10.5 Å². The van der Waals surface area contributed by atoms with Crippen molar-refractivity contribution in [3.05, 3.63) is 23.5 Å². The summed E-state index contributed by atoms with van der Waals surface area (Å²) in [7, 11) is -3.66. The predicted octanol–water partition coefficient (Wildman–Crippen LogP) is 2.57. The summed E-state index contributed by atoms with van der Waals surface area (Å²) in [4.78, 5) is 0.0425. The number of halogens is 1. The molecular weight excluding hydrogens is 267 g/mol. The molecule has 0 aliphatic rings. The van der Waals surface area contributed by atoms with Crippen LogP contribution in [0.15, 0.2) is 17.0 Å². The van der Waals surface area contributed by atoms with E-state index in [0.717, 1.165) is 18.9 Å². The van der Waals surface area contributed by atoms with Crippen molar-refractivity contribution in [1.29, 1.82) is 0 Å². The van der Waals surface area contributed by atoms with Crippen molar-refractivity contribution in [2.75, 3.05) is 5.73 Å². The van der Waals surface area contributed by atoms with E-state index in [4.69, 9.17) is 5.73 Å². The van der Waals surface area contributed by atoms with Crippen molar-refractivity contribution in [3.63, 3.8) is 0 Å². The Bertz CT molecular complexity index is 544. The summed E-state index contributed by atoms with van der Waals surface area (Å²) in [6, 6.07) is 2.21. The first kappa shape index (κ1) is 15.9. The highest BCUT2D eigenvalue weighted by Crippen LogP contribution is 2.22. The normalized spacial score (nSPS) is 13.5. The van der Waals surface area contributed by atoms with Gasteiger partial charge in [0, 0.05) is 6.04 Å². The number of hydrogen-bond acceptors (Lipinski definition) is 3. The molecule has 19 heavy (non-hydrogen) atoms. The Morgan fingerprint density at radius 3 is 2.53 bits per heavy atom. The number of anilines is 1. The third-order valence-electron chi connectivity index (χ3n) is 3.04. The summed E-state index contributed by atoms with van der Waals surface area (Å²) < 4.78 is 40.4. The zero-order valence-corrected chi connectivity index (χ0v) is 12.3. The minimum atomic E-state index is -3.66. The van der Waals surface area contributed by atoms with Gasteiger partial charge in [-0.15, -0.1) is 0 Å². The molecule has 0 amide bonds. The van der Waals surface area contributed by atoms with E-state index < -0.39 is 15.8 Å². The molecule has 0 aliphatic carbocycles. The number of rotatable bonds is 6. The second kappa shape index (κ2) is 6.34. The molecule has 0 fully saturated rings. The lowest BCUT2D eigenvalue weighted by Gasteiger charge is -2.17. The van der Waals surface area contributed by atoms with Gasteiger partial charge in [0.05, 0.1) is 10.6 Å². The van der Waals surface area contributed by atoms with Crippen LogP contribution >= 0.6 is 0 Å². The van der Waals surface area contributed by atoms with Crippen LogP contribution in [-0.2, 0) is 10.0 Å². The van der Waals surface area contributed by atoms with Crippen LogP contribution in [0.25, 0.3) is 0 Å². The average Bonchev–Trinajstić information content (AvgIpc) is 2.32. The van der Waals surface area contributed by atoms with Gasteiger partial charge in [-0.25, -0.2) is 17.5 Å². The molecule has 0 bridgehead atoms. The molecule has 1 aromatic rings. The maximum absolute atomic E-state index is 13.3. The second-order valence-electron chi connectivity index (χ2n) is 4.65. The summed E-state index contributed by atoms with van der Waals surface area (Å²) in [6.07, 6.45) is 2.37. The smallest absolute Gasteiger partial charge is 0.241 e. The molecule has 0 aromatic heterocycles. The Morgan fingerprint density at radius 1 is 1.37 bits per heavy atom. The van der Waals surface area contributed by atoms with Gasteiger partial charge < -0.3 is 5.73 Å². The number of benzene rings is 1. The topological polar surface area (TPSA) is 72.2 Å². The van der Waals surface area contributed by atoms with E-state index >= 15 is 0 Å². The molecule has 0 saturated heterocycles. The van der Waals surface area contributed by atoms with E-state index in [9.17, 15) is 12.8 Å². The Kier molecular flexibility index (Phi) is 5.31. The SMILES string of the molecule is CCCC(CC)NS(=O)(=O)c1cc(N)c(F)cc1C. The van der Waals surface area contributed by atoms with Crippen LogP contribution in [0.3, 0.4) is 0 Å². The highest BCUT2D eigenvalue weighted by Gasteiger charge is 2.21. The Hall–Kier alpha value is -1.14. The Balaban J connectivity index is 3.10. The molecule has 6 heteroatoms. The lowest BCUT2D eigenvalue weighted by Crippen LogP contribution is -2.34. The van der Waals surface area contributed by atoms with Gasteiger partial charge in [-0.3, -0.25) is 0 Å². The average molecular weight is 288 g/mol. The van der Waals surface area contributed by atoms with E-state index in [1.807, 2.05) is 13.8 Å². The first-order valence-corrected chi connectivity index (χ1v) is 7.88. The van der Waals surface area contributed by atoms with Gasteiger partial charge in [-0.2, -0.15) is 0 Å². The van der Waals surface area contributed by atoms with Gasteiger partial charge in [0.2, 0.25) is 10.0 Å². The third-order valence-corrected chi connectivity index (χ3v) is 4.70. The summed E-state index contributed by atoms with van der Waals surface area (Å²) in [5, 5.41) is 0. The van der Waals surface area contributed by atoms with Crippen LogP contribution in [0, 0.1) is 12.7 Å². The Labute approximate surface area is 114 Å². The van der Waals surface area contributed by atoms with Crippen LogP contribution in [0.4, 0.5) is 10.1 Å². The van der Waals surface area contributed by atoms with Crippen molar-refractivity contribution in [2.45, 2.75) is 51.0 Å². The molecule has 1 aromatic carbocycles. The molecule has 0 spiro atoms. The minimum absolute atomic E-state index is 0.0425. The molecular formula is C13H21FN2O2S.